The van der Waals surface area contributed by atoms with Crippen molar-refractivity contribution in [3.8, 4) is 22.6 Å². The van der Waals surface area contributed by atoms with Crippen molar-refractivity contribution in [1.29, 1.82) is 0 Å². The largest absolute Gasteiger partial charge is 0.436 e. The van der Waals surface area contributed by atoms with Crippen LogP contribution < -0.4 is 4.90 Å². The van der Waals surface area contributed by atoms with Gasteiger partial charge >= 0.3 is 0 Å². The van der Waals surface area contributed by atoms with E-state index in [1.54, 1.807) is 0 Å². The van der Waals surface area contributed by atoms with Crippen LogP contribution in [0.25, 0.3) is 33.7 Å². The second-order valence-electron chi connectivity index (χ2n) is 6.67. The van der Waals surface area contributed by atoms with Crippen LogP contribution in [0.4, 0.5) is 5.82 Å². The zero-order valence-corrected chi connectivity index (χ0v) is 16.2. The summed E-state index contributed by atoms with van der Waals surface area (Å²) in [6.07, 6.45) is 6.17. The third-order valence-corrected chi connectivity index (χ3v) is 5.34. The number of hydrogen-bond donors (Lipinski definition) is 0. The summed E-state index contributed by atoms with van der Waals surface area (Å²) >= 11 is 3.37. The Morgan fingerprint density at radius 3 is 2.37 bits per heavy atom. The quantitative estimate of drug-likeness (QED) is 0.420. The van der Waals surface area contributed by atoms with Gasteiger partial charge in [-0.3, -0.25) is 0 Å². The highest BCUT2D eigenvalue weighted by atomic mass is 79.9. The fourth-order valence-corrected chi connectivity index (χ4v) is 3.66. The van der Waals surface area contributed by atoms with Crippen LogP contribution in [0, 0.1) is 0 Å². The van der Waals surface area contributed by atoms with Crippen molar-refractivity contribution in [1.82, 2.24) is 15.0 Å². The van der Waals surface area contributed by atoms with Crippen LogP contribution >= 0.6 is 15.9 Å². The number of halogens is 1. The number of nitrogens with zero attached hydrogens (tertiary/aromatic N) is 4. The first-order chi connectivity index (χ1) is 13.3. The number of pyridine rings is 2. The molecule has 0 radical (unpaired) electrons. The maximum atomic E-state index is 5.94. The number of rotatable bonds is 3. The maximum absolute atomic E-state index is 5.94. The molecule has 4 aromatic rings. The van der Waals surface area contributed by atoms with E-state index in [-0.39, 0.29) is 0 Å². The topological polar surface area (TPSA) is 55.1 Å². The van der Waals surface area contributed by atoms with Crippen LogP contribution in [0.3, 0.4) is 0 Å². The van der Waals surface area contributed by atoms with E-state index >= 15 is 0 Å². The molecule has 0 unspecified atom stereocenters. The van der Waals surface area contributed by atoms with E-state index in [4.69, 9.17) is 4.42 Å². The molecule has 0 amide bonds. The van der Waals surface area contributed by atoms with Gasteiger partial charge in [-0.15, -0.1) is 0 Å². The Morgan fingerprint density at radius 2 is 1.63 bits per heavy atom. The molecule has 0 saturated carbocycles. The molecule has 134 valence electrons. The highest BCUT2D eigenvalue weighted by molar-refractivity contribution is 9.10. The minimum absolute atomic E-state index is 0.594. The van der Waals surface area contributed by atoms with Gasteiger partial charge in [0.05, 0.1) is 5.56 Å². The van der Waals surface area contributed by atoms with Crippen LogP contribution in [0.5, 0.6) is 0 Å². The third-order valence-electron chi connectivity index (χ3n) is 4.87. The average Bonchev–Trinajstić information content (AvgIpc) is 3.38. The second-order valence-corrected chi connectivity index (χ2v) is 7.48. The average molecular weight is 421 g/mol. The Kier molecular flexibility index (Phi) is 4.13. The van der Waals surface area contributed by atoms with Crippen molar-refractivity contribution in [2.75, 3.05) is 18.0 Å². The number of benzene rings is 1. The van der Waals surface area contributed by atoms with Crippen molar-refractivity contribution in [3.05, 3.63) is 59.5 Å². The number of aromatic nitrogens is 3. The predicted molar refractivity (Wildman–Crippen MR) is 110 cm³/mol. The first kappa shape index (κ1) is 16.4. The van der Waals surface area contributed by atoms with Crippen molar-refractivity contribution < 1.29 is 4.42 Å². The maximum Gasteiger partial charge on any atom is 0.228 e. The molecule has 3 aromatic heterocycles. The van der Waals surface area contributed by atoms with E-state index in [9.17, 15) is 0 Å². The zero-order valence-electron chi connectivity index (χ0n) is 14.6. The van der Waals surface area contributed by atoms with E-state index in [0.29, 0.717) is 5.89 Å². The Labute approximate surface area is 165 Å². The van der Waals surface area contributed by atoms with Crippen molar-refractivity contribution in [2.45, 2.75) is 12.8 Å². The summed E-state index contributed by atoms with van der Waals surface area (Å²) in [5.74, 6) is 1.62. The van der Waals surface area contributed by atoms with E-state index in [1.165, 1.54) is 12.8 Å². The molecule has 0 N–H and O–H groups in total. The van der Waals surface area contributed by atoms with Gasteiger partial charge in [-0.2, -0.15) is 0 Å². The Morgan fingerprint density at radius 1 is 0.852 bits per heavy atom. The summed E-state index contributed by atoms with van der Waals surface area (Å²) in [7, 11) is 0. The molecule has 1 aliphatic rings. The SMILES string of the molecule is Brc1ccc(-c2ccc3oc(-c4ccc(N5CCCC5)nc4)nc3c2)cn1. The van der Waals surface area contributed by atoms with Gasteiger partial charge in [0.25, 0.3) is 0 Å². The normalized spacial score (nSPS) is 14.2. The van der Waals surface area contributed by atoms with Crippen LogP contribution in [0.2, 0.25) is 0 Å². The van der Waals surface area contributed by atoms with E-state index in [1.807, 2.05) is 48.8 Å². The van der Waals surface area contributed by atoms with Gasteiger partial charge in [-0.1, -0.05) is 12.1 Å². The molecule has 5 nitrogen and oxygen atoms in total. The van der Waals surface area contributed by atoms with Crippen molar-refractivity contribution in [3.63, 3.8) is 0 Å². The fourth-order valence-electron chi connectivity index (χ4n) is 3.42. The summed E-state index contributed by atoms with van der Waals surface area (Å²) < 4.78 is 6.76. The van der Waals surface area contributed by atoms with E-state index in [2.05, 4.69) is 41.8 Å². The Balaban J connectivity index is 1.46. The lowest BCUT2D eigenvalue weighted by atomic mass is 10.1. The van der Waals surface area contributed by atoms with Crippen LogP contribution in [-0.2, 0) is 0 Å². The lowest BCUT2D eigenvalue weighted by molar-refractivity contribution is 0.619. The van der Waals surface area contributed by atoms with E-state index in [0.717, 1.165) is 51.3 Å². The summed E-state index contributed by atoms with van der Waals surface area (Å²) in [6, 6.07) is 14.0. The number of fused-ring (bicyclic) bond motifs is 1. The lowest BCUT2D eigenvalue weighted by Gasteiger charge is -2.15. The molecule has 6 heteroatoms. The van der Waals surface area contributed by atoms with Gasteiger partial charge in [0.1, 0.15) is 15.9 Å². The van der Waals surface area contributed by atoms with Gasteiger partial charge in [0.15, 0.2) is 5.58 Å². The molecule has 27 heavy (non-hydrogen) atoms. The molecule has 0 atom stereocenters. The summed E-state index contributed by atoms with van der Waals surface area (Å²) in [5.41, 5.74) is 4.59. The first-order valence-electron chi connectivity index (χ1n) is 9.00. The third kappa shape index (κ3) is 3.21. The number of anilines is 1. The molecule has 0 bridgehead atoms. The van der Waals surface area contributed by atoms with Crippen LogP contribution in [-0.4, -0.2) is 28.0 Å². The van der Waals surface area contributed by atoms with E-state index < -0.39 is 0 Å². The zero-order chi connectivity index (χ0) is 18.2. The molecular formula is C21H17BrN4O. The van der Waals surface area contributed by atoms with Gasteiger partial charge < -0.3 is 9.32 Å². The van der Waals surface area contributed by atoms with Crippen molar-refractivity contribution >= 4 is 32.8 Å². The monoisotopic (exact) mass is 420 g/mol. The van der Waals surface area contributed by atoms with Gasteiger partial charge in [0, 0.05) is 31.0 Å². The minimum atomic E-state index is 0.594. The molecular weight excluding hydrogens is 404 g/mol. The predicted octanol–water partition coefficient (Wildman–Crippen LogP) is 5.31. The minimum Gasteiger partial charge on any atom is -0.436 e. The highest BCUT2D eigenvalue weighted by Gasteiger charge is 2.15. The number of hydrogen-bond acceptors (Lipinski definition) is 5. The molecule has 1 aromatic carbocycles. The highest BCUT2D eigenvalue weighted by Crippen LogP contribution is 2.29. The van der Waals surface area contributed by atoms with Gasteiger partial charge in [-0.25, -0.2) is 15.0 Å². The molecule has 1 saturated heterocycles. The summed E-state index contributed by atoms with van der Waals surface area (Å²) in [5, 5.41) is 0. The Hall–Kier alpha value is -2.73. The molecule has 1 aliphatic heterocycles. The van der Waals surface area contributed by atoms with Gasteiger partial charge in [-0.05, 0) is 64.7 Å². The summed E-state index contributed by atoms with van der Waals surface area (Å²) in [4.78, 5) is 15.9. The molecule has 0 spiro atoms. The second kappa shape index (κ2) is 6.78. The molecule has 4 heterocycles. The molecule has 1 fully saturated rings. The van der Waals surface area contributed by atoms with Crippen molar-refractivity contribution in [2.24, 2.45) is 0 Å². The van der Waals surface area contributed by atoms with Crippen LogP contribution in [0.15, 0.2) is 63.9 Å². The lowest BCUT2D eigenvalue weighted by Crippen LogP contribution is -2.18. The Bertz CT molecular complexity index is 1080. The smallest absolute Gasteiger partial charge is 0.228 e. The summed E-state index contributed by atoms with van der Waals surface area (Å²) in [6.45, 7) is 2.17. The molecule has 0 aliphatic carbocycles. The molecule has 5 rings (SSSR count). The first-order valence-corrected chi connectivity index (χ1v) is 9.79. The number of oxazole rings is 1. The fraction of sp³-hybridized carbons (Fsp3) is 0.190. The van der Waals surface area contributed by atoms with Crippen LogP contribution in [0.1, 0.15) is 12.8 Å². The van der Waals surface area contributed by atoms with Gasteiger partial charge in [0.2, 0.25) is 5.89 Å². The standard InChI is InChI=1S/C21H17BrN4O/c22-19-7-4-15(12-23-19)14-3-6-18-17(11-14)25-21(27-18)16-5-8-20(24-13-16)26-9-1-2-10-26/h3-8,11-13H,1-2,9-10H2.